The molecule has 0 spiro atoms. The molecule has 1 unspecified atom stereocenters. The molecular formula is C24H26N3+. The Balaban J connectivity index is 1.51. The smallest absolute Gasteiger partial charge is 0.118 e. The summed E-state index contributed by atoms with van der Waals surface area (Å²) >= 11 is 0. The van der Waals surface area contributed by atoms with Crippen LogP contribution in [0.4, 0.5) is 0 Å². The maximum absolute atomic E-state index is 9.41. The number of hydrogen-bond acceptors (Lipinski definition) is 1. The van der Waals surface area contributed by atoms with Crippen molar-refractivity contribution in [1.82, 2.24) is 4.57 Å². The molecule has 3 aromatic rings. The van der Waals surface area contributed by atoms with E-state index in [0.29, 0.717) is 0 Å². The van der Waals surface area contributed by atoms with Crippen LogP contribution in [-0.4, -0.2) is 10.6 Å². The summed E-state index contributed by atoms with van der Waals surface area (Å²) in [6.07, 6.45) is 4.77. The summed E-state index contributed by atoms with van der Waals surface area (Å²) in [5.74, 6) is 0. The van der Waals surface area contributed by atoms with Gasteiger partial charge in [-0.25, -0.2) is 0 Å². The molecule has 0 saturated heterocycles. The molecule has 4 rings (SSSR count). The summed E-state index contributed by atoms with van der Waals surface area (Å²) in [6, 6.07) is 24.3. The minimum absolute atomic E-state index is 0.722. The minimum Gasteiger partial charge on any atom is -0.342 e. The third-order valence-corrected chi connectivity index (χ3v) is 5.52. The summed E-state index contributed by atoms with van der Waals surface area (Å²) < 4.78 is 2.36. The zero-order chi connectivity index (χ0) is 18.6. The van der Waals surface area contributed by atoms with E-state index >= 15 is 0 Å². The molecule has 1 atom stereocenters. The van der Waals surface area contributed by atoms with Gasteiger partial charge in [0, 0.05) is 31.1 Å². The highest BCUT2D eigenvalue weighted by Crippen LogP contribution is 2.18. The second-order valence-corrected chi connectivity index (χ2v) is 7.67. The minimum atomic E-state index is 0.722. The van der Waals surface area contributed by atoms with Gasteiger partial charge in [0.25, 0.3) is 0 Å². The Morgan fingerprint density at radius 3 is 2.52 bits per heavy atom. The van der Waals surface area contributed by atoms with Gasteiger partial charge in [-0.2, -0.15) is 5.26 Å². The zero-order valence-corrected chi connectivity index (χ0v) is 15.9. The maximum atomic E-state index is 9.41. The van der Waals surface area contributed by atoms with Gasteiger partial charge in [-0.1, -0.05) is 48.0 Å². The number of aryl methyl sites for hydroxylation is 1. The third kappa shape index (κ3) is 4.30. The topological polar surface area (TPSA) is 33.2 Å². The molecule has 0 aliphatic heterocycles. The van der Waals surface area contributed by atoms with Gasteiger partial charge >= 0.3 is 0 Å². The second kappa shape index (κ2) is 7.82. The van der Waals surface area contributed by atoms with E-state index in [2.05, 4.69) is 66.2 Å². The van der Waals surface area contributed by atoms with Gasteiger partial charge < -0.3 is 9.47 Å². The Morgan fingerprint density at radius 1 is 1.00 bits per heavy atom. The van der Waals surface area contributed by atoms with Gasteiger partial charge in [0.2, 0.25) is 0 Å². The number of quaternary nitrogens is 1. The van der Waals surface area contributed by atoms with E-state index in [4.69, 9.17) is 0 Å². The first kappa shape index (κ1) is 17.6. The zero-order valence-electron chi connectivity index (χ0n) is 15.9. The Labute approximate surface area is 161 Å². The van der Waals surface area contributed by atoms with Crippen LogP contribution < -0.4 is 4.90 Å². The Bertz CT molecular complexity index is 942. The summed E-state index contributed by atoms with van der Waals surface area (Å²) in [5.41, 5.74) is 5.98. The molecule has 1 saturated carbocycles. The first-order valence-electron chi connectivity index (χ1n) is 9.75. The fourth-order valence-electron chi connectivity index (χ4n) is 3.76. The maximum Gasteiger partial charge on any atom is 0.118 e. The Morgan fingerprint density at radius 2 is 1.78 bits per heavy atom. The van der Waals surface area contributed by atoms with Crippen LogP contribution in [0.1, 0.15) is 40.8 Å². The molecule has 2 aromatic carbocycles. The monoisotopic (exact) mass is 356 g/mol. The predicted octanol–water partition coefficient (Wildman–Crippen LogP) is 3.46. The van der Waals surface area contributed by atoms with Gasteiger partial charge in [0.15, 0.2) is 0 Å². The summed E-state index contributed by atoms with van der Waals surface area (Å²) in [7, 11) is 0. The van der Waals surface area contributed by atoms with Crippen LogP contribution in [0.3, 0.4) is 0 Å². The molecule has 1 aromatic heterocycles. The molecule has 3 heteroatoms. The van der Waals surface area contributed by atoms with E-state index in [9.17, 15) is 5.26 Å². The fourth-order valence-corrected chi connectivity index (χ4v) is 3.76. The van der Waals surface area contributed by atoms with Gasteiger partial charge in [-0.05, 0) is 30.7 Å². The predicted molar refractivity (Wildman–Crippen MR) is 107 cm³/mol. The number of aromatic nitrogens is 1. The second-order valence-electron chi connectivity index (χ2n) is 7.67. The van der Waals surface area contributed by atoms with Gasteiger partial charge in [0.05, 0.1) is 23.4 Å². The first-order chi connectivity index (χ1) is 13.2. The fraction of sp³-hybridized carbons (Fsp3) is 0.292. The standard InChI is InChI=1S/C24H25N3/c1-19-8-10-20(11-9-19)16-26-14-4-7-24(26)18-27(23-12-13-23)17-22-6-3-2-5-21(22)15-25/h2-11,14,23H,12-13,16-18H2,1H3/p+1. The molecular weight excluding hydrogens is 330 g/mol. The van der Waals surface area contributed by atoms with E-state index in [1.807, 2.05) is 18.2 Å². The highest BCUT2D eigenvalue weighted by Gasteiger charge is 2.34. The van der Waals surface area contributed by atoms with Crippen LogP contribution in [0.2, 0.25) is 0 Å². The summed E-state index contributed by atoms with van der Waals surface area (Å²) in [6.45, 7) is 4.96. The molecule has 0 amide bonds. The highest BCUT2D eigenvalue weighted by atomic mass is 15.2. The largest absolute Gasteiger partial charge is 0.342 e. The van der Waals surface area contributed by atoms with Crippen molar-refractivity contribution >= 4 is 0 Å². The summed E-state index contributed by atoms with van der Waals surface area (Å²) in [4.78, 5) is 1.57. The molecule has 27 heavy (non-hydrogen) atoms. The lowest BCUT2D eigenvalue weighted by atomic mass is 10.1. The molecule has 1 heterocycles. The molecule has 3 nitrogen and oxygen atoms in total. The van der Waals surface area contributed by atoms with Crippen LogP contribution >= 0.6 is 0 Å². The van der Waals surface area contributed by atoms with Crippen molar-refractivity contribution in [3.8, 4) is 6.07 Å². The number of nitriles is 1. The van der Waals surface area contributed by atoms with Crippen LogP contribution in [0.25, 0.3) is 0 Å². The number of nitrogens with zero attached hydrogens (tertiary/aromatic N) is 2. The molecule has 1 N–H and O–H groups in total. The molecule has 1 fully saturated rings. The van der Waals surface area contributed by atoms with Crippen molar-refractivity contribution in [2.24, 2.45) is 0 Å². The number of rotatable bonds is 7. The molecule has 1 aliphatic rings. The number of benzene rings is 2. The first-order valence-corrected chi connectivity index (χ1v) is 9.75. The van der Waals surface area contributed by atoms with Crippen LogP contribution in [0.5, 0.6) is 0 Å². The lowest BCUT2D eigenvalue weighted by Gasteiger charge is -2.21. The summed E-state index contributed by atoms with van der Waals surface area (Å²) in [5, 5.41) is 9.41. The van der Waals surface area contributed by atoms with Crippen LogP contribution in [0.15, 0.2) is 66.9 Å². The van der Waals surface area contributed by atoms with Gasteiger partial charge in [0.1, 0.15) is 13.1 Å². The van der Waals surface area contributed by atoms with E-state index in [0.717, 1.165) is 31.2 Å². The van der Waals surface area contributed by atoms with Crippen molar-refractivity contribution in [2.75, 3.05) is 0 Å². The van der Waals surface area contributed by atoms with Crippen molar-refractivity contribution in [3.63, 3.8) is 0 Å². The molecule has 0 radical (unpaired) electrons. The van der Waals surface area contributed by atoms with Crippen LogP contribution in [0, 0.1) is 18.3 Å². The van der Waals surface area contributed by atoms with E-state index in [-0.39, 0.29) is 0 Å². The number of hydrogen-bond donors (Lipinski definition) is 1. The van der Waals surface area contributed by atoms with Gasteiger partial charge in [-0.15, -0.1) is 0 Å². The van der Waals surface area contributed by atoms with E-state index in [1.165, 1.54) is 35.2 Å². The van der Waals surface area contributed by atoms with Crippen molar-refractivity contribution in [1.29, 1.82) is 5.26 Å². The van der Waals surface area contributed by atoms with Crippen molar-refractivity contribution < 1.29 is 4.90 Å². The molecule has 1 aliphatic carbocycles. The number of nitrogens with one attached hydrogen (secondary N) is 1. The Hall–Kier alpha value is -2.83. The SMILES string of the molecule is Cc1ccc(Cn2cccc2C[NH+](Cc2ccccc2C#N)C2CC2)cc1. The van der Waals surface area contributed by atoms with Gasteiger partial charge in [-0.3, -0.25) is 0 Å². The molecule has 0 bridgehead atoms. The lowest BCUT2D eigenvalue weighted by molar-refractivity contribution is -0.938. The average Bonchev–Trinajstić information content (AvgIpc) is 3.45. The Kier molecular flexibility index (Phi) is 5.09. The van der Waals surface area contributed by atoms with Crippen molar-refractivity contribution in [3.05, 3.63) is 94.8 Å². The van der Waals surface area contributed by atoms with E-state index in [1.54, 1.807) is 4.90 Å². The quantitative estimate of drug-likeness (QED) is 0.691. The average molecular weight is 356 g/mol. The normalized spacial score (nSPS) is 14.7. The third-order valence-electron chi connectivity index (χ3n) is 5.52. The lowest BCUT2D eigenvalue weighted by Crippen LogP contribution is -3.10. The molecule has 136 valence electrons. The van der Waals surface area contributed by atoms with Crippen LogP contribution in [-0.2, 0) is 19.6 Å². The highest BCUT2D eigenvalue weighted by molar-refractivity contribution is 5.36. The van der Waals surface area contributed by atoms with Crippen molar-refractivity contribution in [2.45, 2.75) is 45.4 Å². The van der Waals surface area contributed by atoms with E-state index < -0.39 is 0 Å².